The summed E-state index contributed by atoms with van der Waals surface area (Å²) in [4.78, 5) is 12.5. The van der Waals surface area contributed by atoms with Crippen molar-refractivity contribution in [2.75, 3.05) is 11.1 Å². The zero-order chi connectivity index (χ0) is 16.3. The molecular weight excluding hydrogens is 308 g/mol. The number of hydrogen-bond donors (Lipinski definition) is 2. The Balaban J connectivity index is 0.00000264. The molecule has 2 aromatic carbocycles. The number of rotatable bonds is 4. The van der Waals surface area contributed by atoms with Gasteiger partial charge in [-0.3, -0.25) is 4.79 Å². The average molecular weight is 333 g/mol. The van der Waals surface area contributed by atoms with Gasteiger partial charge in [0.25, 0.3) is 5.91 Å². The SMILES string of the molecule is CC(C)c1cccc(C(C)C)c1NC(=O)c1cccc(N)c1.Cl. The second-order valence-electron chi connectivity index (χ2n) is 6.20. The highest BCUT2D eigenvalue weighted by Crippen LogP contribution is 2.32. The van der Waals surface area contributed by atoms with Crippen molar-refractivity contribution in [3.8, 4) is 0 Å². The molecule has 0 fully saturated rings. The molecule has 0 atom stereocenters. The number of amides is 1. The summed E-state index contributed by atoms with van der Waals surface area (Å²) in [7, 11) is 0. The van der Waals surface area contributed by atoms with E-state index in [1.54, 1.807) is 24.3 Å². The predicted molar refractivity (Wildman–Crippen MR) is 101 cm³/mol. The number of hydrogen-bond acceptors (Lipinski definition) is 2. The van der Waals surface area contributed by atoms with Crippen molar-refractivity contribution in [2.45, 2.75) is 39.5 Å². The van der Waals surface area contributed by atoms with Crippen molar-refractivity contribution in [3.05, 3.63) is 59.2 Å². The van der Waals surface area contributed by atoms with E-state index in [1.807, 2.05) is 0 Å². The first kappa shape index (κ1) is 19.0. The fourth-order valence-electron chi connectivity index (χ4n) is 2.56. The normalized spacial score (nSPS) is 10.5. The number of nitrogens with two attached hydrogens (primary N) is 1. The molecule has 2 aromatic rings. The second kappa shape index (κ2) is 8.02. The molecule has 3 N–H and O–H groups in total. The van der Waals surface area contributed by atoms with Crippen LogP contribution in [0, 0.1) is 0 Å². The van der Waals surface area contributed by atoms with Crippen LogP contribution in [-0.4, -0.2) is 5.91 Å². The monoisotopic (exact) mass is 332 g/mol. The van der Waals surface area contributed by atoms with Crippen molar-refractivity contribution < 1.29 is 4.79 Å². The maximum absolute atomic E-state index is 12.5. The van der Waals surface area contributed by atoms with Gasteiger partial charge in [-0.2, -0.15) is 0 Å². The first-order valence-corrected chi connectivity index (χ1v) is 7.69. The summed E-state index contributed by atoms with van der Waals surface area (Å²) in [5.41, 5.74) is 10.2. The van der Waals surface area contributed by atoms with Crippen molar-refractivity contribution in [1.29, 1.82) is 0 Å². The van der Waals surface area contributed by atoms with Crippen LogP contribution in [0.3, 0.4) is 0 Å². The first-order chi connectivity index (χ1) is 10.4. The quantitative estimate of drug-likeness (QED) is 0.757. The topological polar surface area (TPSA) is 55.1 Å². The Hall–Kier alpha value is -2.00. The van der Waals surface area contributed by atoms with Crippen LogP contribution in [0.1, 0.15) is 61.0 Å². The minimum atomic E-state index is -0.123. The number of anilines is 2. The van der Waals surface area contributed by atoms with Crippen molar-refractivity contribution in [1.82, 2.24) is 0 Å². The number of nitrogens with one attached hydrogen (secondary N) is 1. The van der Waals surface area contributed by atoms with Crippen LogP contribution < -0.4 is 11.1 Å². The molecule has 0 aliphatic carbocycles. The third kappa shape index (κ3) is 4.49. The Bertz CT molecular complexity index is 655. The van der Waals surface area contributed by atoms with Gasteiger partial charge in [0.05, 0.1) is 0 Å². The Morgan fingerprint density at radius 1 is 0.957 bits per heavy atom. The molecule has 0 unspecified atom stereocenters. The molecule has 4 heteroatoms. The summed E-state index contributed by atoms with van der Waals surface area (Å²) in [6, 6.07) is 13.2. The van der Waals surface area contributed by atoms with E-state index in [0.29, 0.717) is 23.1 Å². The van der Waals surface area contributed by atoms with Crippen LogP contribution in [0.4, 0.5) is 11.4 Å². The zero-order valence-corrected chi connectivity index (χ0v) is 14.9. The van der Waals surface area contributed by atoms with E-state index >= 15 is 0 Å². The molecule has 1 amide bonds. The van der Waals surface area contributed by atoms with E-state index in [4.69, 9.17) is 5.73 Å². The van der Waals surface area contributed by atoms with Gasteiger partial charge in [0, 0.05) is 16.9 Å². The average Bonchev–Trinajstić information content (AvgIpc) is 2.46. The van der Waals surface area contributed by atoms with E-state index in [2.05, 4.69) is 51.2 Å². The van der Waals surface area contributed by atoms with Gasteiger partial charge in [-0.1, -0.05) is 52.0 Å². The van der Waals surface area contributed by atoms with Crippen LogP contribution >= 0.6 is 12.4 Å². The summed E-state index contributed by atoms with van der Waals surface area (Å²) in [6.45, 7) is 8.54. The van der Waals surface area contributed by atoms with E-state index in [0.717, 1.165) is 16.8 Å². The van der Waals surface area contributed by atoms with Crippen molar-refractivity contribution >= 4 is 29.7 Å². The van der Waals surface area contributed by atoms with Gasteiger partial charge >= 0.3 is 0 Å². The summed E-state index contributed by atoms with van der Waals surface area (Å²) >= 11 is 0. The Morgan fingerprint density at radius 2 is 1.48 bits per heavy atom. The van der Waals surface area contributed by atoms with E-state index in [9.17, 15) is 4.79 Å². The summed E-state index contributed by atoms with van der Waals surface area (Å²) in [6.07, 6.45) is 0. The molecule has 23 heavy (non-hydrogen) atoms. The van der Waals surface area contributed by atoms with E-state index < -0.39 is 0 Å². The maximum atomic E-state index is 12.5. The number of para-hydroxylation sites is 1. The molecule has 0 bridgehead atoms. The smallest absolute Gasteiger partial charge is 0.255 e. The van der Waals surface area contributed by atoms with Crippen LogP contribution in [0.15, 0.2) is 42.5 Å². The van der Waals surface area contributed by atoms with Crippen molar-refractivity contribution in [3.63, 3.8) is 0 Å². The largest absolute Gasteiger partial charge is 0.399 e. The van der Waals surface area contributed by atoms with Crippen LogP contribution in [-0.2, 0) is 0 Å². The van der Waals surface area contributed by atoms with Crippen LogP contribution in [0.2, 0.25) is 0 Å². The van der Waals surface area contributed by atoms with Crippen LogP contribution in [0.5, 0.6) is 0 Å². The highest BCUT2D eigenvalue weighted by atomic mass is 35.5. The molecule has 0 saturated heterocycles. The van der Waals surface area contributed by atoms with E-state index in [-0.39, 0.29) is 18.3 Å². The minimum absolute atomic E-state index is 0. The minimum Gasteiger partial charge on any atom is -0.399 e. The van der Waals surface area contributed by atoms with Gasteiger partial charge < -0.3 is 11.1 Å². The third-order valence-corrected chi connectivity index (χ3v) is 3.76. The maximum Gasteiger partial charge on any atom is 0.255 e. The lowest BCUT2D eigenvalue weighted by atomic mass is 9.92. The Labute approximate surface area is 144 Å². The van der Waals surface area contributed by atoms with Gasteiger partial charge in [0.2, 0.25) is 0 Å². The van der Waals surface area contributed by atoms with E-state index in [1.165, 1.54) is 0 Å². The molecule has 2 rings (SSSR count). The number of benzene rings is 2. The fraction of sp³-hybridized carbons (Fsp3) is 0.316. The highest BCUT2D eigenvalue weighted by molar-refractivity contribution is 6.05. The molecule has 0 aliphatic heterocycles. The number of halogens is 1. The summed E-state index contributed by atoms with van der Waals surface area (Å²) in [5, 5.41) is 3.09. The highest BCUT2D eigenvalue weighted by Gasteiger charge is 2.16. The van der Waals surface area contributed by atoms with Gasteiger partial charge in [-0.15, -0.1) is 12.4 Å². The first-order valence-electron chi connectivity index (χ1n) is 7.69. The molecule has 0 spiro atoms. The number of nitrogen functional groups attached to an aromatic ring is 1. The number of carbonyl (C=O) groups excluding carboxylic acids is 1. The Morgan fingerprint density at radius 3 is 1.96 bits per heavy atom. The lowest BCUT2D eigenvalue weighted by molar-refractivity contribution is 0.102. The van der Waals surface area contributed by atoms with Gasteiger partial charge in [-0.05, 0) is 41.2 Å². The standard InChI is InChI=1S/C19H24N2O.ClH/c1-12(2)16-9-6-10-17(13(3)4)18(16)21-19(22)14-7-5-8-15(20)11-14;/h5-13H,20H2,1-4H3,(H,21,22);1H. The Kier molecular flexibility index (Phi) is 6.64. The second-order valence-corrected chi connectivity index (χ2v) is 6.20. The van der Waals surface area contributed by atoms with Gasteiger partial charge in [0.15, 0.2) is 0 Å². The number of carbonyl (C=O) groups is 1. The van der Waals surface area contributed by atoms with Crippen molar-refractivity contribution in [2.24, 2.45) is 0 Å². The molecule has 3 nitrogen and oxygen atoms in total. The molecular formula is C19H25ClN2O. The summed E-state index contributed by atoms with van der Waals surface area (Å²) < 4.78 is 0. The molecule has 0 heterocycles. The van der Waals surface area contributed by atoms with Gasteiger partial charge in [0.1, 0.15) is 0 Å². The summed E-state index contributed by atoms with van der Waals surface area (Å²) in [5.74, 6) is 0.562. The lowest BCUT2D eigenvalue weighted by Crippen LogP contribution is -2.16. The lowest BCUT2D eigenvalue weighted by Gasteiger charge is -2.20. The van der Waals surface area contributed by atoms with Crippen LogP contribution in [0.25, 0.3) is 0 Å². The molecule has 0 aromatic heterocycles. The molecule has 0 aliphatic rings. The zero-order valence-electron chi connectivity index (χ0n) is 14.1. The predicted octanol–water partition coefficient (Wildman–Crippen LogP) is 5.19. The van der Waals surface area contributed by atoms with Gasteiger partial charge in [-0.25, -0.2) is 0 Å². The molecule has 0 radical (unpaired) electrons. The third-order valence-electron chi connectivity index (χ3n) is 3.76. The molecule has 0 saturated carbocycles. The molecule has 124 valence electrons. The fourth-order valence-corrected chi connectivity index (χ4v) is 2.56.